The molecule has 0 atom stereocenters. The van der Waals surface area contributed by atoms with Gasteiger partial charge in [0.05, 0.1) is 0 Å². The van der Waals surface area contributed by atoms with Crippen molar-refractivity contribution in [2.24, 2.45) is 0 Å². The molecular formula is C9H9NO6. The van der Waals surface area contributed by atoms with Crippen LogP contribution < -0.4 is 0 Å². The van der Waals surface area contributed by atoms with Crippen molar-refractivity contribution in [3.05, 3.63) is 39.9 Å². The summed E-state index contributed by atoms with van der Waals surface area (Å²) in [6.45, 7) is -0.597. The Kier molecular flexibility index (Phi) is 4.07. The van der Waals surface area contributed by atoms with Gasteiger partial charge >= 0.3 is 5.97 Å². The van der Waals surface area contributed by atoms with Gasteiger partial charge in [0.1, 0.15) is 24.5 Å². The molecule has 1 N–H and O–H groups in total. The van der Waals surface area contributed by atoms with E-state index in [0.717, 1.165) is 0 Å². The van der Waals surface area contributed by atoms with E-state index in [9.17, 15) is 20.0 Å². The van der Waals surface area contributed by atoms with Gasteiger partial charge < -0.3 is 14.7 Å². The Hall–Kier alpha value is -2.31. The van der Waals surface area contributed by atoms with E-state index in [2.05, 4.69) is 9.57 Å². The summed E-state index contributed by atoms with van der Waals surface area (Å²) in [4.78, 5) is 25.0. The largest absolute Gasteiger partial charge is 0.507 e. The number of ether oxygens (including phenoxy) is 1. The second-order valence-corrected chi connectivity index (χ2v) is 2.71. The molecule has 16 heavy (non-hydrogen) atoms. The highest BCUT2D eigenvalue weighted by Gasteiger charge is 2.11. The summed E-state index contributed by atoms with van der Waals surface area (Å²) in [5, 5.41) is 18.1. The molecule has 86 valence electrons. The number of phenols is 1. The number of carbonyl (C=O) groups is 1. The summed E-state index contributed by atoms with van der Waals surface area (Å²) in [6, 6.07) is 5.84. The number of hydrogen-bond donors (Lipinski definition) is 1. The Balaban J connectivity index is 2.41. The van der Waals surface area contributed by atoms with Crippen molar-refractivity contribution in [1.82, 2.24) is 0 Å². The Morgan fingerprint density at radius 3 is 2.69 bits per heavy atom. The molecule has 1 aromatic carbocycles. The lowest BCUT2D eigenvalue weighted by Crippen LogP contribution is -2.13. The summed E-state index contributed by atoms with van der Waals surface area (Å²) >= 11 is 0. The van der Waals surface area contributed by atoms with Crippen molar-refractivity contribution in [2.75, 3.05) is 13.2 Å². The van der Waals surface area contributed by atoms with Gasteiger partial charge in [0.2, 0.25) is 0 Å². The molecular weight excluding hydrogens is 218 g/mol. The Labute approximate surface area is 90.3 Å². The number of para-hydroxylation sites is 1. The summed E-state index contributed by atoms with van der Waals surface area (Å²) in [6.07, 6.45) is 0. The number of phenolic OH excluding ortho intramolecular Hbond substituents is 1. The van der Waals surface area contributed by atoms with Crippen LogP contribution in [0.1, 0.15) is 10.4 Å². The van der Waals surface area contributed by atoms with Crippen molar-refractivity contribution in [3.63, 3.8) is 0 Å². The minimum absolute atomic E-state index is 0.00334. The zero-order valence-corrected chi connectivity index (χ0v) is 8.16. The standard InChI is InChI=1S/C9H9NO6/c11-8-4-2-1-3-7(8)9(12)15-5-6-16-10(13)14/h1-4,11H,5-6H2. The molecule has 7 nitrogen and oxygen atoms in total. The monoisotopic (exact) mass is 227 g/mol. The fourth-order valence-electron chi connectivity index (χ4n) is 0.970. The molecule has 0 aromatic heterocycles. The molecule has 1 aromatic rings. The maximum Gasteiger partial charge on any atom is 0.341 e. The predicted molar refractivity (Wildman–Crippen MR) is 51.3 cm³/mol. The molecule has 7 heteroatoms. The molecule has 0 aliphatic heterocycles. The lowest BCUT2D eigenvalue weighted by molar-refractivity contribution is -0.757. The minimum atomic E-state index is -0.978. The Morgan fingerprint density at radius 2 is 2.06 bits per heavy atom. The lowest BCUT2D eigenvalue weighted by atomic mass is 10.2. The SMILES string of the molecule is O=C(OCCO[N+](=O)[O-])c1ccccc1O. The molecule has 0 unspecified atom stereocenters. The van der Waals surface area contributed by atoms with Crippen LogP contribution >= 0.6 is 0 Å². The highest BCUT2D eigenvalue weighted by Crippen LogP contribution is 2.16. The molecule has 0 bridgehead atoms. The van der Waals surface area contributed by atoms with E-state index in [1.807, 2.05) is 0 Å². The first-order chi connectivity index (χ1) is 7.61. The summed E-state index contributed by atoms with van der Waals surface area (Å²) < 4.78 is 4.63. The van der Waals surface area contributed by atoms with Crippen molar-refractivity contribution in [1.29, 1.82) is 0 Å². The maximum atomic E-state index is 11.3. The average molecular weight is 227 g/mol. The van der Waals surface area contributed by atoms with E-state index in [0.29, 0.717) is 0 Å². The third-order valence-electron chi connectivity index (χ3n) is 1.64. The lowest BCUT2D eigenvalue weighted by Gasteiger charge is -2.04. The van der Waals surface area contributed by atoms with Gasteiger partial charge in [-0.05, 0) is 12.1 Å². The van der Waals surface area contributed by atoms with Gasteiger partial charge in [0.25, 0.3) is 5.09 Å². The third-order valence-corrected chi connectivity index (χ3v) is 1.64. The maximum absolute atomic E-state index is 11.3. The van der Waals surface area contributed by atoms with Gasteiger partial charge in [-0.15, -0.1) is 10.1 Å². The number of hydrogen-bond acceptors (Lipinski definition) is 6. The first-order valence-corrected chi connectivity index (χ1v) is 4.33. The van der Waals surface area contributed by atoms with Gasteiger partial charge in [-0.25, -0.2) is 4.79 Å². The van der Waals surface area contributed by atoms with E-state index in [-0.39, 0.29) is 24.5 Å². The number of aromatic hydroxyl groups is 1. The van der Waals surface area contributed by atoms with Gasteiger partial charge in [-0.2, -0.15) is 0 Å². The number of rotatable bonds is 5. The van der Waals surface area contributed by atoms with E-state index in [1.54, 1.807) is 12.1 Å². The first kappa shape index (κ1) is 11.8. The number of nitrogens with zero attached hydrogens (tertiary/aromatic N) is 1. The molecule has 0 saturated heterocycles. The quantitative estimate of drug-likeness (QED) is 0.345. The number of benzene rings is 1. The summed E-state index contributed by atoms with van der Waals surface area (Å²) in [5.41, 5.74) is 0.00334. The summed E-state index contributed by atoms with van der Waals surface area (Å²) in [7, 11) is 0. The van der Waals surface area contributed by atoms with Gasteiger partial charge in [0, 0.05) is 0 Å². The molecule has 0 aliphatic rings. The van der Waals surface area contributed by atoms with Crippen molar-refractivity contribution < 1.29 is 24.6 Å². The first-order valence-electron chi connectivity index (χ1n) is 4.33. The van der Waals surface area contributed by atoms with Crippen LogP contribution in [0.4, 0.5) is 0 Å². The van der Waals surface area contributed by atoms with E-state index in [1.165, 1.54) is 12.1 Å². The van der Waals surface area contributed by atoms with Gasteiger partial charge in [0.15, 0.2) is 0 Å². The van der Waals surface area contributed by atoms with Crippen LogP contribution in [0.25, 0.3) is 0 Å². The van der Waals surface area contributed by atoms with Crippen LogP contribution in [0.3, 0.4) is 0 Å². The van der Waals surface area contributed by atoms with Crippen LogP contribution in [-0.2, 0) is 9.57 Å². The summed E-state index contributed by atoms with van der Waals surface area (Å²) in [5.74, 6) is -0.965. The molecule has 0 amide bonds. The molecule has 1 rings (SSSR count). The Bertz CT molecular complexity index is 391. The zero-order valence-electron chi connectivity index (χ0n) is 8.16. The Morgan fingerprint density at radius 1 is 1.38 bits per heavy atom. The molecule has 0 fully saturated rings. The highest BCUT2D eigenvalue weighted by molar-refractivity contribution is 5.92. The van der Waals surface area contributed by atoms with Crippen LogP contribution in [-0.4, -0.2) is 29.4 Å². The van der Waals surface area contributed by atoms with Crippen molar-refractivity contribution in [2.45, 2.75) is 0 Å². The molecule has 0 saturated carbocycles. The van der Waals surface area contributed by atoms with Crippen LogP contribution in [0.15, 0.2) is 24.3 Å². The van der Waals surface area contributed by atoms with Crippen molar-refractivity contribution >= 4 is 5.97 Å². The van der Waals surface area contributed by atoms with Crippen LogP contribution in [0.5, 0.6) is 5.75 Å². The van der Waals surface area contributed by atoms with Crippen LogP contribution in [0, 0.1) is 10.1 Å². The predicted octanol–water partition coefficient (Wildman–Crippen LogP) is 0.757. The number of carbonyl (C=O) groups excluding carboxylic acids is 1. The topological polar surface area (TPSA) is 98.9 Å². The van der Waals surface area contributed by atoms with E-state index in [4.69, 9.17) is 0 Å². The van der Waals surface area contributed by atoms with Crippen LogP contribution in [0.2, 0.25) is 0 Å². The second-order valence-electron chi connectivity index (χ2n) is 2.71. The average Bonchev–Trinajstić information content (AvgIpc) is 2.24. The zero-order chi connectivity index (χ0) is 12.0. The van der Waals surface area contributed by atoms with Crippen molar-refractivity contribution in [3.8, 4) is 5.75 Å². The fourth-order valence-corrected chi connectivity index (χ4v) is 0.970. The van der Waals surface area contributed by atoms with Gasteiger partial charge in [-0.3, -0.25) is 0 Å². The fraction of sp³-hybridized carbons (Fsp3) is 0.222. The van der Waals surface area contributed by atoms with E-state index >= 15 is 0 Å². The molecule has 0 spiro atoms. The third kappa shape index (κ3) is 3.45. The second kappa shape index (κ2) is 5.54. The van der Waals surface area contributed by atoms with E-state index < -0.39 is 11.1 Å². The normalized spacial score (nSPS) is 9.50. The smallest absolute Gasteiger partial charge is 0.341 e. The minimum Gasteiger partial charge on any atom is -0.507 e. The number of esters is 1. The van der Waals surface area contributed by atoms with Gasteiger partial charge in [-0.1, -0.05) is 12.1 Å². The molecule has 0 aliphatic carbocycles. The molecule has 0 radical (unpaired) electrons. The molecule has 0 heterocycles. The highest BCUT2D eigenvalue weighted by atomic mass is 17.0.